The predicted octanol–water partition coefficient (Wildman–Crippen LogP) is 1.44. The van der Waals surface area contributed by atoms with Gasteiger partial charge in [-0.1, -0.05) is 29.4 Å². The zero-order chi connectivity index (χ0) is 19.2. The minimum Gasteiger partial charge on any atom is -0.465 e. The van der Waals surface area contributed by atoms with Crippen LogP contribution in [-0.2, 0) is 19.2 Å². The summed E-state index contributed by atoms with van der Waals surface area (Å²) in [5.74, 6) is -0.329. The van der Waals surface area contributed by atoms with Crippen LogP contribution in [0, 0.1) is 6.57 Å². The maximum Gasteiger partial charge on any atom is 0.320 e. The lowest BCUT2D eigenvalue weighted by Crippen LogP contribution is -2.53. The fraction of sp³-hybridized carbons (Fsp3) is 0.474. The average Bonchev–Trinajstić information content (AvgIpc) is 3.13. The summed E-state index contributed by atoms with van der Waals surface area (Å²) in [6.07, 6.45) is 0.439. The van der Waals surface area contributed by atoms with E-state index in [1.807, 2.05) is 12.1 Å². The number of hydrogen-bond acceptors (Lipinski definition) is 6. The summed E-state index contributed by atoms with van der Waals surface area (Å²) >= 11 is 0. The summed E-state index contributed by atoms with van der Waals surface area (Å²) in [4.78, 5) is 36.3. The summed E-state index contributed by atoms with van der Waals surface area (Å²) in [5.41, 5.74) is 2.33. The molecule has 27 heavy (non-hydrogen) atoms. The van der Waals surface area contributed by atoms with Crippen LogP contribution in [-0.4, -0.2) is 72.8 Å². The van der Waals surface area contributed by atoms with E-state index in [1.54, 1.807) is 28.9 Å². The lowest BCUT2D eigenvalue weighted by molar-refractivity contribution is -0.147. The molecule has 1 unspecified atom stereocenters. The second kappa shape index (κ2) is 8.64. The van der Waals surface area contributed by atoms with E-state index in [4.69, 9.17) is 16.1 Å². The van der Waals surface area contributed by atoms with Crippen LogP contribution >= 0.6 is 0 Å². The van der Waals surface area contributed by atoms with Gasteiger partial charge in [0.1, 0.15) is 0 Å². The van der Waals surface area contributed by atoms with E-state index in [1.165, 1.54) is 0 Å². The highest BCUT2D eigenvalue weighted by atomic mass is 16.6. The van der Waals surface area contributed by atoms with Crippen molar-refractivity contribution in [3.05, 3.63) is 41.2 Å². The van der Waals surface area contributed by atoms with Gasteiger partial charge in [-0.25, -0.2) is 4.85 Å². The first-order chi connectivity index (χ1) is 13.1. The number of oxime groups is 1. The Morgan fingerprint density at radius 2 is 2.15 bits per heavy atom. The van der Waals surface area contributed by atoms with Crippen LogP contribution in [0.3, 0.4) is 0 Å². The molecule has 1 amide bonds. The molecular weight excluding hydrogens is 348 g/mol. The van der Waals surface area contributed by atoms with Gasteiger partial charge in [0, 0.05) is 19.5 Å². The van der Waals surface area contributed by atoms with Gasteiger partial charge in [-0.05, 0) is 12.5 Å². The molecule has 0 bridgehead atoms. The van der Waals surface area contributed by atoms with Crippen LogP contribution in [0.25, 0.3) is 4.85 Å². The topological polar surface area (TPSA) is 75.8 Å². The van der Waals surface area contributed by atoms with Crippen LogP contribution in [0.5, 0.6) is 0 Å². The van der Waals surface area contributed by atoms with Crippen molar-refractivity contribution < 1.29 is 19.2 Å². The molecule has 0 spiro atoms. The smallest absolute Gasteiger partial charge is 0.320 e. The maximum atomic E-state index is 12.4. The van der Waals surface area contributed by atoms with Crippen molar-refractivity contribution in [3.63, 3.8) is 0 Å². The number of esters is 1. The second-order valence-electron chi connectivity index (χ2n) is 6.48. The first kappa shape index (κ1) is 18.9. The highest BCUT2D eigenvalue weighted by Gasteiger charge is 2.30. The zero-order valence-electron chi connectivity index (χ0n) is 15.3. The maximum absolute atomic E-state index is 12.4. The lowest BCUT2D eigenvalue weighted by Gasteiger charge is -2.34. The van der Waals surface area contributed by atoms with Crippen LogP contribution in [0.1, 0.15) is 18.9 Å². The van der Waals surface area contributed by atoms with E-state index >= 15 is 0 Å². The highest BCUT2D eigenvalue weighted by molar-refractivity contribution is 6.01. The van der Waals surface area contributed by atoms with Crippen molar-refractivity contribution in [1.29, 1.82) is 0 Å². The number of rotatable bonds is 6. The normalized spacial score (nSPS) is 20.0. The van der Waals surface area contributed by atoms with E-state index in [0.717, 1.165) is 11.3 Å². The molecule has 1 saturated heterocycles. The molecule has 0 aliphatic carbocycles. The van der Waals surface area contributed by atoms with Gasteiger partial charge >= 0.3 is 5.97 Å². The van der Waals surface area contributed by atoms with Gasteiger partial charge in [0.2, 0.25) is 5.91 Å². The number of ether oxygens (including phenoxy) is 1. The Hall–Kier alpha value is -2.92. The van der Waals surface area contributed by atoms with E-state index in [0.29, 0.717) is 38.3 Å². The molecule has 0 saturated carbocycles. The molecule has 2 aliphatic heterocycles. The molecule has 2 heterocycles. The largest absolute Gasteiger partial charge is 0.465 e. The number of carbonyl (C=O) groups is 2. The molecule has 0 N–H and O–H groups in total. The third kappa shape index (κ3) is 4.83. The molecule has 1 atom stereocenters. The second-order valence-corrected chi connectivity index (χ2v) is 6.48. The van der Waals surface area contributed by atoms with E-state index in [2.05, 4.69) is 10.0 Å². The Labute approximate surface area is 158 Å². The number of hydrogen-bond donors (Lipinski definition) is 0. The lowest BCUT2D eigenvalue weighted by atomic mass is 10.0. The zero-order valence-corrected chi connectivity index (χ0v) is 15.3. The number of nitrogens with zero attached hydrogens (tertiary/aromatic N) is 4. The molecule has 1 fully saturated rings. The minimum absolute atomic E-state index is 0.0241. The quantitative estimate of drug-likeness (QED) is 0.559. The van der Waals surface area contributed by atoms with Gasteiger partial charge in [0.15, 0.2) is 11.8 Å². The van der Waals surface area contributed by atoms with Crippen LogP contribution in [0.4, 0.5) is 5.69 Å². The molecule has 8 nitrogen and oxygen atoms in total. The summed E-state index contributed by atoms with van der Waals surface area (Å²) in [7, 11) is 0. The third-order valence-electron chi connectivity index (χ3n) is 4.54. The Morgan fingerprint density at radius 3 is 2.81 bits per heavy atom. The van der Waals surface area contributed by atoms with Crippen LogP contribution in [0.15, 0.2) is 29.4 Å². The number of benzene rings is 1. The molecule has 0 radical (unpaired) electrons. The summed E-state index contributed by atoms with van der Waals surface area (Å²) < 4.78 is 4.93. The predicted molar refractivity (Wildman–Crippen MR) is 98.4 cm³/mol. The third-order valence-corrected chi connectivity index (χ3v) is 4.54. The molecule has 1 aromatic carbocycles. The summed E-state index contributed by atoms with van der Waals surface area (Å²) in [6.45, 7) is 11.1. The van der Waals surface area contributed by atoms with Gasteiger partial charge in [0.05, 0.1) is 38.5 Å². The standard InChI is InChI=1S/C19H22N4O4/c1-3-26-19(25)13-22-8-9-23(18(24)12-22)11-16-10-17(21-27-16)14-4-6-15(20-2)7-5-14/h4-7,16H,3,8-13H2,1H3. The van der Waals surface area contributed by atoms with Crippen molar-refractivity contribution in [1.82, 2.24) is 9.80 Å². The fourth-order valence-electron chi connectivity index (χ4n) is 3.15. The van der Waals surface area contributed by atoms with Gasteiger partial charge < -0.3 is 14.5 Å². The molecule has 3 rings (SSSR count). The Morgan fingerprint density at radius 1 is 1.37 bits per heavy atom. The Bertz CT molecular complexity index is 769. The first-order valence-electron chi connectivity index (χ1n) is 8.95. The number of amides is 1. The van der Waals surface area contributed by atoms with E-state index in [9.17, 15) is 9.59 Å². The minimum atomic E-state index is -0.305. The van der Waals surface area contributed by atoms with Crippen LogP contribution < -0.4 is 0 Å². The van der Waals surface area contributed by atoms with Crippen molar-refractivity contribution >= 4 is 23.3 Å². The number of carbonyl (C=O) groups excluding carboxylic acids is 2. The SMILES string of the molecule is [C-]#[N+]c1ccc(C2=NOC(CN3CCN(CC(=O)OCC)CC3=O)C2)cc1. The highest BCUT2D eigenvalue weighted by Crippen LogP contribution is 2.20. The van der Waals surface area contributed by atoms with Crippen molar-refractivity contribution in [2.45, 2.75) is 19.4 Å². The average molecular weight is 370 g/mol. The van der Waals surface area contributed by atoms with E-state index in [-0.39, 0.29) is 31.1 Å². The Balaban J connectivity index is 1.47. The number of piperazine rings is 1. The molecule has 2 aliphatic rings. The molecule has 1 aromatic rings. The first-order valence-corrected chi connectivity index (χ1v) is 8.95. The van der Waals surface area contributed by atoms with Gasteiger partial charge in [-0.3, -0.25) is 14.5 Å². The van der Waals surface area contributed by atoms with Crippen molar-refractivity contribution in [2.75, 3.05) is 39.3 Å². The summed E-state index contributed by atoms with van der Waals surface area (Å²) in [6, 6.07) is 7.23. The fourth-order valence-corrected chi connectivity index (χ4v) is 3.15. The van der Waals surface area contributed by atoms with E-state index < -0.39 is 0 Å². The molecule has 142 valence electrons. The van der Waals surface area contributed by atoms with Crippen molar-refractivity contribution in [3.8, 4) is 0 Å². The van der Waals surface area contributed by atoms with Crippen molar-refractivity contribution in [2.24, 2.45) is 5.16 Å². The molecule has 0 aromatic heterocycles. The van der Waals surface area contributed by atoms with Gasteiger partial charge in [0.25, 0.3) is 0 Å². The van der Waals surface area contributed by atoms with Gasteiger partial charge in [-0.2, -0.15) is 0 Å². The van der Waals surface area contributed by atoms with Gasteiger partial charge in [-0.15, -0.1) is 0 Å². The monoisotopic (exact) mass is 370 g/mol. The molecular formula is C19H22N4O4. The molecule has 8 heteroatoms. The summed E-state index contributed by atoms with van der Waals surface area (Å²) in [5, 5.41) is 4.14. The van der Waals surface area contributed by atoms with Crippen LogP contribution in [0.2, 0.25) is 0 Å². The Kier molecular flexibility index (Phi) is 6.04.